The number of methoxy groups -OCH3 is 1. The maximum atomic E-state index is 6.35. The molecule has 3 atom stereocenters. The number of nitrogens with two attached hydrogens (primary N) is 1. The van der Waals surface area contributed by atoms with Crippen molar-refractivity contribution in [2.75, 3.05) is 31.4 Å². The Morgan fingerprint density at radius 2 is 2.27 bits per heavy atom. The summed E-state index contributed by atoms with van der Waals surface area (Å²) in [7, 11) is 3.60. The molecule has 0 aromatic carbocycles. The number of hydrogen-bond acceptors (Lipinski definition) is 7. The van der Waals surface area contributed by atoms with E-state index in [4.69, 9.17) is 22.1 Å². The largest absolute Gasteiger partial charge is 0.385 e. The summed E-state index contributed by atoms with van der Waals surface area (Å²) in [5.41, 5.74) is 8.03. The van der Waals surface area contributed by atoms with E-state index in [0.29, 0.717) is 17.0 Å². The van der Waals surface area contributed by atoms with Gasteiger partial charge in [-0.3, -0.25) is 0 Å². The predicted molar refractivity (Wildman–Crippen MR) is 109 cm³/mol. The molecule has 26 heavy (non-hydrogen) atoms. The minimum atomic E-state index is 0.256. The van der Waals surface area contributed by atoms with Gasteiger partial charge in [0.1, 0.15) is 5.82 Å². The Morgan fingerprint density at radius 1 is 1.42 bits per heavy atom. The molecule has 8 heteroatoms. The first kappa shape index (κ1) is 19.4. The highest BCUT2D eigenvalue weighted by Crippen LogP contribution is 2.33. The topological polar surface area (TPSA) is 85.1 Å². The average Bonchev–Trinajstić information content (AvgIpc) is 3.12. The van der Waals surface area contributed by atoms with Crippen LogP contribution in [0.2, 0.25) is 5.02 Å². The van der Waals surface area contributed by atoms with Gasteiger partial charge in [0.05, 0.1) is 10.7 Å². The highest BCUT2D eigenvalue weighted by molar-refractivity contribution is 7.14. The zero-order valence-electron chi connectivity index (χ0n) is 15.2. The van der Waals surface area contributed by atoms with E-state index in [2.05, 4.69) is 20.6 Å². The lowest BCUT2D eigenvalue weighted by Crippen LogP contribution is -2.41. The first-order valence-electron chi connectivity index (χ1n) is 8.91. The van der Waals surface area contributed by atoms with E-state index in [1.54, 1.807) is 24.6 Å². The first-order chi connectivity index (χ1) is 12.6. The third-order valence-electron chi connectivity index (χ3n) is 4.94. The highest BCUT2D eigenvalue weighted by atomic mass is 35.5. The second kappa shape index (κ2) is 8.99. The van der Waals surface area contributed by atoms with Gasteiger partial charge in [0.25, 0.3) is 0 Å². The van der Waals surface area contributed by atoms with E-state index in [0.717, 1.165) is 54.5 Å². The van der Waals surface area contributed by atoms with Crippen molar-refractivity contribution in [1.82, 2.24) is 9.97 Å². The molecule has 2 heterocycles. The van der Waals surface area contributed by atoms with E-state index >= 15 is 0 Å². The molecule has 1 unspecified atom stereocenters. The summed E-state index contributed by atoms with van der Waals surface area (Å²) in [5.74, 6) is 1.30. The Bertz CT molecular complexity index is 725. The average molecular weight is 396 g/mol. The summed E-state index contributed by atoms with van der Waals surface area (Å²) in [4.78, 5) is 8.99. The molecule has 0 saturated heterocycles. The summed E-state index contributed by atoms with van der Waals surface area (Å²) < 4.78 is 5.22. The van der Waals surface area contributed by atoms with Crippen molar-refractivity contribution in [3.05, 3.63) is 22.7 Å². The number of thiazole rings is 1. The van der Waals surface area contributed by atoms with Crippen molar-refractivity contribution in [3.63, 3.8) is 0 Å². The molecule has 3 rings (SSSR count). The smallest absolute Gasteiger partial charge is 0.182 e. The summed E-state index contributed by atoms with van der Waals surface area (Å²) >= 11 is 7.90. The van der Waals surface area contributed by atoms with E-state index in [1.807, 2.05) is 18.5 Å². The molecule has 4 N–H and O–H groups in total. The van der Waals surface area contributed by atoms with Crippen LogP contribution in [0.1, 0.15) is 25.7 Å². The standard InChI is InChI=1S/C18H26ClN5OS/c1-21-18-24-16(10-26-18)13-8-17(22-9-14(13)19)23-12-3-4-15(20)11(7-12)5-6-25-2/h8-12,15H,3-7,20H2,1-2H3,(H,21,24)(H,22,23)/t11?,12-,15-/m1/s1. The minimum absolute atomic E-state index is 0.256. The first-order valence-corrected chi connectivity index (χ1v) is 10.2. The molecule has 0 spiro atoms. The van der Waals surface area contributed by atoms with Crippen LogP contribution < -0.4 is 16.4 Å². The van der Waals surface area contributed by atoms with Gasteiger partial charge < -0.3 is 21.1 Å². The monoisotopic (exact) mass is 395 g/mol. The molecular formula is C18H26ClN5OS. The van der Waals surface area contributed by atoms with Gasteiger partial charge in [-0.2, -0.15) is 0 Å². The molecule has 142 valence electrons. The van der Waals surface area contributed by atoms with Crippen LogP contribution in [0, 0.1) is 5.92 Å². The number of anilines is 2. The van der Waals surface area contributed by atoms with Gasteiger partial charge in [0.15, 0.2) is 5.13 Å². The SMILES string of the molecule is CNc1nc(-c2cc(N[C@@H]3CC[C@@H](N)C(CCOC)C3)ncc2Cl)cs1. The van der Waals surface area contributed by atoms with Crippen molar-refractivity contribution in [1.29, 1.82) is 0 Å². The number of halogens is 1. The van der Waals surface area contributed by atoms with Crippen molar-refractivity contribution in [3.8, 4) is 11.3 Å². The van der Waals surface area contributed by atoms with Crippen molar-refractivity contribution in [2.24, 2.45) is 11.7 Å². The molecule has 0 bridgehead atoms. The summed E-state index contributed by atoms with van der Waals surface area (Å²) in [5, 5.41) is 10.1. The normalized spacial score (nSPS) is 23.0. The molecule has 1 aliphatic carbocycles. The maximum absolute atomic E-state index is 6.35. The number of rotatable bonds is 7. The highest BCUT2D eigenvalue weighted by Gasteiger charge is 2.28. The Hall–Kier alpha value is -1.41. The summed E-state index contributed by atoms with van der Waals surface area (Å²) in [6, 6.07) is 2.60. The lowest BCUT2D eigenvalue weighted by molar-refractivity contribution is 0.155. The molecule has 2 aromatic heterocycles. The van der Waals surface area contributed by atoms with Crippen LogP contribution >= 0.6 is 22.9 Å². The van der Waals surface area contributed by atoms with Crippen LogP contribution in [0.4, 0.5) is 10.9 Å². The Balaban J connectivity index is 1.71. The zero-order chi connectivity index (χ0) is 18.5. The number of pyridine rings is 1. The Morgan fingerprint density at radius 3 is 3.00 bits per heavy atom. The molecule has 6 nitrogen and oxygen atoms in total. The van der Waals surface area contributed by atoms with Crippen LogP contribution in [0.3, 0.4) is 0 Å². The van der Waals surface area contributed by atoms with Gasteiger partial charge in [-0.15, -0.1) is 11.3 Å². The fraction of sp³-hybridized carbons (Fsp3) is 0.556. The van der Waals surface area contributed by atoms with E-state index in [1.165, 1.54) is 0 Å². The van der Waals surface area contributed by atoms with Gasteiger partial charge in [-0.05, 0) is 37.7 Å². The van der Waals surface area contributed by atoms with Crippen LogP contribution in [0.5, 0.6) is 0 Å². The lowest BCUT2D eigenvalue weighted by Gasteiger charge is -2.34. The molecule has 1 fully saturated rings. The quantitative estimate of drug-likeness (QED) is 0.660. The fourth-order valence-corrected chi connectivity index (χ4v) is 4.33. The van der Waals surface area contributed by atoms with Gasteiger partial charge in [0, 0.05) is 50.0 Å². The zero-order valence-corrected chi connectivity index (χ0v) is 16.7. The number of aromatic nitrogens is 2. The molecule has 1 aliphatic rings. The van der Waals surface area contributed by atoms with Crippen LogP contribution in [-0.2, 0) is 4.74 Å². The van der Waals surface area contributed by atoms with Crippen LogP contribution in [-0.4, -0.2) is 42.8 Å². The van der Waals surface area contributed by atoms with E-state index < -0.39 is 0 Å². The van der Waals surface area contributed by atoms with Crippen molar-refractivity contribution < 1.29 is 4.74 Å². The molecule has 2 aromatic rings. The van der Waals surface area contributed by atoms with E-state index in [-0.39, 0.29) is 6.04 Å². The fourth-order valence-electron chi connectivity index (χ4n) is 3.45. The molecular weight excluding hydrogens is 370 g/mol. The van der Waals surface area contributed by atoms with Gasteiger partial charge >= 0.3 is 0 Å². The van der Waals surface area contributed by atoms with Gasteiger partial charge in [-0.1, -0.05) is 11.6 Å². The van der Waals surface area contributed by atoms with Gasteiger partial charge in [-0.25, -0.2) is 9.97 Å². The van der Waals surface area contributed by atoms with Gasteiger partial charge in [0.2, 0.25) is 0 Å². The van der Waals surface area contributed by atoms with Crippen molar-refractivity contribution in [2.45, 2.75) is 37.8 Å². The third kappa shape index (κ3) is 4.65. The third-order valence-corrected chi connectivity index (χ3v) is 6.10. The molecule has 0 amide bonds. The molecule has 0 radical (unpaired) electrons. The Kier molecular flexibility index (Phi) is 6.69. The van der Waals surface area contributed by atoms with E-state index in [9.17, 15) is 0 Å². The number of nitrogens with one attached hydrogen (secondary N) is 2. The lowest BCUT2D eigenvalue weighted by atomic mass is 9.80. The number of hydrogen-bond donors (Lipinski definition) is 3. The Labute approximate surface area is 163 Å². The second-order valence-corrected chi connectivity index (χ2v) is 7.96. The minimum Gasteiger partial charge on any atom is -0.385 e. The number of ether oxygens (including phenoxy) is 1. The summed E-state index contributed by atoms with van der Waals surface area (Å²) in [6.07, 6.45) is 5.79. The second-order valence-electron chi connectivity index (χ2n) is 6.70. The van der Waals surface area contributed by atoms with Crippen molar-refractivity contribution >= 4 is 33.9 Å². The number of nitrogens with zero attached hydrogens (tertiary/aromatic N) is 2. The molecule has 1 saturated carbocycles. The predicted octanol–water partition coefficient (Wildman–Crippen LogP) is 3.84. The van der Waals surface area contributed by atoms with Crippen LogP contribution in [0.15, 0.2) is 17.6 Å². The summed E-state index contributed by atoms with van der Waals surface area (Å²) in [6.45, 7) is 0.756. The maximum Gasteiger partial charge on any atom is 0.182 e. The van der Waals surface area contributed by atoms with Crippen LogP contribution in [0.25, 0.3) is 11.3 Å². The molecule has 0 aliphatic heterocycles.